The summed E-state index contributed by atoms with van der Waals surface area (Å²) < 4.78 is 7.43. The van der Waals surface area contributed by atoms with E-state index in [2.05, 4.69) is 18.1 Å². The van der Waals surface area contributed by atoms with Crippen LogP contribution in [0.3, 0.4) is 0 Å². The van der Waals surface area contributed by atoms with Crippen LogP contribution in [-0.4, -0.2) is 29.0 Å². The number of rotatable bonds is 1. The van der Waals surface area contributed by atoms with Gasteiger partial charge >= 0.3 is 0 Å². The third-order valence-corrected chi connectivity index (χ3v) is 2.74. The van der Waals surface area contributed by atoms with Crippen molar-refractivity contribution in [3.8, 4) is 0 Å². The third-order valence-electron chi connectivity index (χ3n) is 2.74. The molecule has 14 heavy (non-hydrogen) atoms. The van der Waals surface area contributed by atoms with Gasteiger partial charge < -0.3 is 10.5 Å². The Balaban J connectivity index is 2.24. The zero-order valence-corrected chi connectivity index (χ0v) is 8.73. The Morgan fingerprint density at radius 2 is 2.36 bits per heavy atom. The molecule has 0 saturated carbocycles. The van der Waals surface area contributed by atoms with E-state index < -0.39 is 0 Å². The molecule has 0 aliphatic carbocycles. The molecular weight excluding hydrogens is 178 g/mol. The lowest BCUT2D eigenvalue weighted by Gasteiger charge is -2.29. The summed E-state index contributed by atoms with van der Waals surface area (Å²) in [7, 11) is 0. The maximum atomic E-state index is 6.05. The second-order valence-electron chi connectivity index (χ2n) is 3.97. The molecule has 2 N–H and O–H groups in total. The van der Waals surface area contributed by atoms with Crippen LogP contribution in [-0.2, 0) is 4.74 Å². The first-order valence-corrected chi connectivity index (χ1v) is 5.04. The van der Waals surface area contributed by atoms with Crippen LogP contribution in [0, 0.1) is 13.8 Å². The van der Waals surface area contributed by atoms with E-state index in [0.29, 0.717) is 6.61 Å². The average Bonchev–Trinajstić information content (AvgIpc) is 2.46. The van der Waals surface area contributed by atoms with E-state index in [-0.39, 0.29) is 12.1 Å². The molecule has 2 heterocycles. The first kappa shape index (κ1) is 9.68. The van der Waals surface area contributed by atoms with Crippen LogP contribution >= 0.6 is 0 Å². The van der Waals surface area contributed by atoms with Gasteiger partial charge in [0.25, 0.3) is 0 Å². The second kappa shape index (κ2) is 3.71. The molecule has 1 fully saturated rings. The van der Waals surface area contributed by atoms with Gasteiger partial charge in [0.05, 0.1) is 18.3 Å². The van der Waals surface area contributed by atoms with Crippen LogP contribution in [0.4, 0.5) is 0 Å². The fourth-order valence-corrected chi connectivity index (χ4v) is 1.97. The van der Waals surface area contributed by atoms with Gasteiger partial charge in [-0.25, -0.2) is 0 Å². The summed E-state index contributed by atoms with van der Waals surface area (Å²) in [6, 6.07) is 2.45. The number of ether oxygens (including phenoxy) is 1. The van der Waals surface area contributed by atoms with Gasteiger partial charge in [-0.3, -0.25) is 4.68 Å². The normalized spacial score (nSPS) is 27.9. The summed E-state index contributed by atoms with van der Waals surface area (Å²) in [5.74, 6) is 0. The van der Waals surface area contributed by atoms with Gasteiger partial charge in [-0.15, -0.1) is 0 Å². The Bertz CT molecular complexity index is 321. The number of hydrogen-bond donors (Lipinski definition) is 1. The Morgan fingerprint density at radius 3 is 2.93 bits per heavy atom. The number of aryl methyl sites for hydroxylation is 2. The summed E-state index contributed by atoms with van der Waals surface area (Å²) in [4.78, 5) is 0. The van der Waals surface area contributed by atoms with Gasteiger partial charge in [0, 0.05) is 18.3 Å². The SMILES string of the molecule is Cc1cc(C)n(C2COCCC2N)n1. The molecule has 1 saturated heterocycles. The largest absolute Gasteiger partial charge is 0.379 e. The first-order chi connectivity index (χ1) is 6.68. The molecule has 0 bridgehead atoms. The molecule has 2 atom stereocenters. The van der Waals surface area contributed by atoms with Gasteiger partial charge in [-0.05, 0) is 26.3 Å². The summed E-state index contributed by atoms with van der Waals surface area (Å²) in [6.45, 7) is 5.51. The van der Waals surface area contributed by atoms with Crippen molar-refractivity contribution in [1.82, 2.24) is 9.78 Å². The predicted molar refractivity (Wildman–Crippen MR) is 54.1 cm³/mol. The highest BCUT2D eigenvalue weighted by Gasteiger charge is 2.25. The Kier molecular flexibility index (Phi) is 2.56. The van der Waals surface area contributed by atoms with Crippen LogP contribution < -0.4 is 5.73 Å². The molecule has 2 unspecified atom stereocenters. The molecule has 1 aliphatic rings. The Morgan fingerprint density at radius 1 is 1.57 bits per heavy atom. The van der Waals surface area contributed by atoms with Gasteiger partial charge in [0.2, 0.25) is 0 Å². The van der Waals surface area contributed by atoms with Crippen molar-refractivity contribution < 1.29 is 4.74 Å². The lowest BCUT2D eigenvalue weighted by Crippen LogP contribution is -2.40. The Labute approximate surface area is 84.0 Å². The van der Waals surface area contributed by atoms with Crippen molar-refractivity contribution >= 4 is 0 Å². The van der Waals surface area contributed by atoms with Crippen LogP contribution in [0.25, 0.3) is 0 Å². The molecule has 0 radical (unpaired) electrons. The molecule has 78 valence electrons. The van der Waals surface area contributed by atoms with E-state index >= 15 is 0 Å². The lowest BCUT2D eigenvalue weighted by atomic mass is 10.1. The summed E-state index contributed by atoms with van der Waals surface area (Å²) >= 11 is 0. The van der Waals surface area contributed by atoms with E-state index in [1.54, 1.807) is 0 Å². The average molecular weight is 195 g/mol. The molecular formula is C10H17N3O. The minimum atomic E-state index is 0.168. The summed E-state index contributed by atoms with van der Waals surface area (Å²) in [5, 5.41) is 4.44. The quantitative estimate of drug-likeness (QED) is 0.720. The van der Waals surface area contributed by atoms with Gasteiger partial charge in [0.15, 0.2) is 0 Å². The Hall–Kier alpha value is -0.870. The highest BCUT2D eigenvalue weighted by Crippen LogP contribution is 2.20. The maximum absolute atomic E-state index is 6.05. The number of hydrogen-bond acceptors (Lipinski definition) is 3. The molecule has 1 aliphatic heterocycles. The van der Waals surface area contributed by atoms with Gasteiger partial charge in [-0.1, -0.05) is 0 Å². The maximum Gasteiger partial charge on any atom is 0.0906 e. The highest BCUT2D eigenvalue weighted by atomic mass is 16.5. The van der Waals surface area contributed by atoms with Crippen molar-refractivity contribution in [2.45, 2.75) is 32.4 Å². The molecule has 0 aromatic carbocycles. The molecule has 4 nitrogen and oxygen atoms in total. The van der Waals surface area contributed by atoms with Crippen molar-refractivity contribution in [3.05, 3.63) is 17.5 Å². The molecule has 1 aromatic heterocycles. The fraction of sp³-hybridized carbons (Fsp3) is 0.700. The monoisotopic (exact) mass is 195 g/mol. The molecule has 1 aromatic rings. The van der Waals surface area contributed by atoms with E-state index in [1.165, 1.54) is 0 Å². The van der Waals surface area contributed by atoms with E-state index in [1.807, 2.05) is 11.6 Å². The first-order valence-electron chi connectivity index (χ1n) is 5.04. The minimum Gasteiger partial charge on any atom is -0.379 e. The molecule has 4 heteroatoms. The van der Waals surface area contributed by atoms with Crippen molar-refractivity contribution in [3.63, 3.8) is 0 Å². The van der Waals surface area contributed by atoms with Gasteiger partial charge in [0.1, 0.15) is 0 Å². The fourth-order valence-electron chi connectivity index (χ4n) is 1.97. The standard InChI is InChI=1S/C10H17N3O/c1-7-5-8(2)13(12-7)10-6-14-4-3-9(10)11/h5,9-10H,3-4,6,11H2,1-2H3. The third kappa shape index (κ3) is 1.67. The smallest absolute Gasteiger partial charge is 0.0906 e. The zero-order chi connectivity index (χ0) is 10.1. The van der Waals surface area contributed by atoms with Crippen LogP contribution in [0.1, 0.15) is 23.9 Å². The number of aromatic nitrogens is 2. The number of nitrogens with zero attached hydrogens (tertiary/aromatic N) is 2. The van der Waals surface area contributed by atoms with Crippen LogP contribution in [0.2, 0.25) is 0 Å². The van der Waals surface area contributed by atoms with Gasteiger partial charge in [-0.2, -0.15) is 5.10 Å². The summed E-state index contributed by atoms with van der Waals surface area (Å²) in [6.07, 6.45) is 0.920. The van der Waals surface area contributed by atoms with E-state index in [0.717, 1.165) is 24.4 Å². The van der Waals surface area contributed by atoms with Crippen molar-refractivity contribution in [2.75, 3.05) is 13.2 Å². The van der Waals surface area contributed by atoms with Crippen molar-refractivity contribution in [1.29, 1.82) is 0 Å². The van der Waals surface area contributed by atoms with E-state index in [4.69, 9.17) is 10.5 Å². The summed E-state index contributed by atoms with van der Waals surface area (Å²) in [5.41, 5.74) is 8.25. The molecule has 2 rings (SSSR count). The van der Waals surface area contributed by atoms with Crippen molar-refractivity contribution in [2.24, 2.45) is 5.73 Å². The molecule has 0 spiro atoms. The lowest BCUT2D eigenvalue weighted by molar-refractivity contribution is 0.0416. The zero-order valence-electron chi connectivity index (χ0n) is 8.73. The highest BCUT2D eigenvalue weighted by molar-refractivity contribution is 5.08. The van der Waals surface area contributed by atoms with Crippen LogP contribution in [0.15, 0.2) is 6.07 Å². The molecule has 0 amide bonds. The van der Waals surface area contributed by atoms with Crippen LogP contribution in [0.5, 0.6) is 0 Å². The predicted octanol–water partition coefficient (Wildman–Crippen LogP) is 0.789. The number of nitrogens with two attached hydrogens (primary N) is 1. The topological polar surface area (TPSA) is 53.1 Å². The minimum absolute atomic E-state index is 0.168. The van der Waals surface area contributed by atoms with E-state index in [9.17, 15) is 0 Å². The second-order valence-corrected chi connectivity index (χ2v) is 3.97.